The summed E-state index contributed by atoms with van der Waals surface area (Å²) >= 11 is 0. The van der Waals surface area contributed by atoms with Gasteiger partial charge in [0, 0.05) is 62.3 Å². The lowest BCUT2D eigenvalue weighted by Gasteiger charge is -2.35. The number of nitrogens with zero attached hydrogens (tertiary/aromatic N) is 4. The molecule has 0 unspecified atom stereocenters. The van der Waals surface area contributed by atoms with Gasteiger partial charge in [-0.3, -0.25) is 14.7 Å². The Morgan fingerprint density at radius 3 is 2.68 bits per heavy atom. The standard InChI is InChI=1S/C27H27FN4O2/c1-34-26-17-21(8-9-25(26)32-12-4-6-20-5-2-3-7-24(20)32)27(33)31-15-13-30(14-16-31)19-22-10-11-29-18-23(22)28/h2-11,17-18H,12-16,19H2,1H3. The maximum absolute atomic E-state index is 13.9. The summed E-state index contributed by atoms with van der Waals surface area (Å²) < 4.78 is 19.6. The quantitative estimate of drug-likeness (QED) is 0.569. The first-order valence-electron chi connectivity index (χ1n) is 11.4. The highest BCUT2D eigenvalue weighted by Gasteiger charge is 2.25. The van der Waals surface area contributed by atoms with Gasteiger partial charge in [-0.2, -0.15) is 0 Å². The predicted octanol–water partition coefficient (Wildman–Crippen LogP) is 4.35. The number of aromatic nitrogens is 1. The highest BCUT2D eigenvalue weighted by molar-refractivity contribution is 5.96. The molecule has 0 radical (unpaired) electrons. The number of piperazine rings is 1. The average molecular weight is 459 g/mol. The van der Waals surface area contributed by atoms with Crippen molar-refractivity contribution in [1.29, 1.82) is 0 Å². The number of pyridine rings is 1. The Morgan fingerprint density at radius 1 is 1.06 bits per heavy atom. The second kappa shape index (κ2) is 9.65. The monoisotopic (exact) mass is 458 g/mol. The Hall–Kier alpha value is -3.71. The first-order chi connectivity index (χ1) is 16.6. The Morgan fingerprint density at radius 2 is 1.88 bits per heavy atom. The van der Waals surface area contributed by atoms with Gasteiger partial charge in [0.05, 0.1) is 19.0 Å². The van der Waals surface area contributed by atoms with Crippen molar-refractivity contribution >= 4 is 23.4 Å². The minimum Gasteiger partial charge on any atom is -0.495 e. The van der Waals surface area contributed by atoms with E-state index in [4.69, 9.17) is 4.74 Å². The number of hydrogen-bond donors (Lipinski definition) is 0. The number of anilines is 2. The van der Waals surface area contributed by atoms with Crippen LogP contribution in [-0.2, 0) is 6.54 Å². The molecule has 1 fully saturated rings. The zero-order valence-electron chi connectivity index (χ0n) is 19.2. The molecule has 174 valence electrons. The number of amides is 1. The molecule has 0 N–H and O–H groups in total. The maximum Gasteiger partial charge on any atom is 0.254 e. The normalized spacial score (nSPS) is 15.8. The Kier molecular flexibility index (Phi) is 6.27. The van der Waals surface area contributed by atoms with Crippen molar-refractivity contribution in [3.63, 3.8) is 0 Å². The second-order valence-electron chi connectivity index (χ2n) is 8.49. The zero-order chi connectivity index (χ0) is 23.5. The van der Waals surface area contributed by atoms with E-state index in [-0.39, 0.29) is 11.7 Å². The van der Waals surface area contributed by atoms with E-state index in [1.54, 1.807) is 19.4 Å². The van der Waals surface area contributed by atoms with E-state index in [2.05, 4.69) is 39.1 Å². The van der Waals surface area contributed by atoms with E-state index < -0.39 is 0 Å². The predicted molar refractivity (Wildman–Crippen MR) is 131 cm³/mol. The fraction of sp³-hybridized carbons (Fsp3) is 0.259. The number of benzene rings is 2. The number of carbonyl (C=O) groups excluding carboxylic acids is 1. The van der Waals surface area contributed by atoms with E-state index in [0.717, 1.165) is 23.5 Å². The highest BCUT2D eigenvalue weighted by Crippen LogP contribution is 2.38. The Bertz CT molecular complexity index is 1220. The minimum absolute atomic E-state index is 0.0152. The number of fused-ring (bicyclic) bond motifs is 1. The van der Waals surface area contributed by atoms with Crippen molar-refractivity contribution in [1.82, 2.24) is 14.8 Å². The summed E-state index contributed by atoms with van der Waals surface area (Å²) in [4.78, 5) is 23.2. The molecule has 3 heterocycles. The molecule has 0 aliphatic carbocycles. The molecule has 0 saturated carbocycles. The van der Waals surface area contributed by atoms with Gasteiger partial charge in [0.2, 0.25) is 0 Å². The molecule has 0 spiro atoms. The van der Waals surface area contributed by atoms with Crippen molar-refractivity contribution in [2.45, 2.75) is 6.54 Å². The number of para-hydroxylation sites is 1. The first-order valence-corrected chi connectivity index (χ1v) is 11.4. The van der Waals surface area contributed by atoms with Crippen molar-refractivity contribution in [2.75, 3.05) is 44.7 Å². The summed E-state index contributed by atoms with van der Waals surface area (Å²) in [5, 5.41) is 0. The van der Waals surface area contributed by atoms with Gasteiger partial charge in [-0.15, -0.1) is 0 Å². The van der Waals surface area contributed by atoms with Crippen molar-refractivity contribution in [3.05, 3.63) is 89.5 Å². The molecule has 0 atom stereocenters. The molecule has 1 aromatic heterocycles. The van der Waals surface area contributed by atoms with Gasteiger partial charge in [-0.05, 0) is 35.9 Å². The third-order valence-corrected chi connectivity index (χ3v) is 6.44. The van der Waals surface area contributed by atoms with E-state index in [1.807, 2.05) is 35.2 Å². The molecule has 6 nitrogen and oxygen atoms in total. The summed E-state index contributed by atoms with van der Waals surface area (Å²) in [6.07, 6.45) is 7.09. The van der Waals surface area contributed by atoms with Crippen molar-refractivity contribution < 1.29 is 13.9 Å². The van der Waals surface area contributed by atoms with Gasteiger partial charge in [-0.1, -0.05) is 30.4 Å². The van der Waals surface area contributed by atoms with Crippen LogP contribution in [0.5, 0.6) is 5.75 Å². The molecular weight excluding hydrogens is 431 g/mol. The van der Waals surface area contributed by atoms with Crippen LogP contribution in [0.4, 0.5) is 15.8 Å². The van der Waals surface area contributed by atoms with E-state index in [1.165, 1.54) is 6.20 Å². The zero-order valence-corrected chi connectivity index (χ0v) is 19.2. The topological polar surface area (TPSA) is 48.9 Å². The van der Waals surface area contributed by atoms with E-state index in [9.17, 15) is 9.18 Å². The molecule has 2 aliphatic heterocycles. The van der Waals surface area contributed by atoms with Gasteiger partial charge < -0.3 is 14.5 Å². The van der Waals surface area contributed by atoms with Crippen LogP contribution in [0.25, 0.3) is 6.08 Å². The van der Waals surface area contributed by atoms with Gasteiger partial charge in [0.25, 0.3) is 5.91 Å². The van der Waals surface area contributed by atoms with Crippen LogP contribution < -0.4 is 9.64 Å². The van der Waals surface area contributed by atoms with Crippen molar-refractivity contribution in [3.8, 4) is 5.75 Å². The van der Waals surface area contributed by atoms with E-state index >= 15 is 0 Å². The number of rotatable bonds is 5. The van der Waals surface area contributed by atoms with Crippen molar-refractivity contribution in [2.24, 2.45) is 0 Å². The lowest BCUT2D eigenvalue weighted by molar-refractivity contribution is 0.0626. The maximum atomic E-state index is 13.9. The molecule has 1 amide bonds. The molecule has 7 heteroatoms. The SMILES string of the molecule is COc1cc(C(=O)N2CCN(Cc3ccncc3F)CC2)ccc1N1CC=Cc2ccccc21. The van der Waals surface area contributed by atoms with Crippen LogP contribution >= 0.6 is 0 Å². The fourth-order valence-electron chi connectivity index (χ4n) is 4.58. The van der Waals surface area contributed by atoms with Crippen LogP contribution in [-0.4, -0.2) is 60.5 Å². The third kappa shape index (κ3) is 4.39. The lowest BCUT2D eigenvalue weighted by atomic mass is 10.1. The Balaban J connectivity index is 1.28. The smallest absolute Gasteiger partial charge is 0.254 e. The number of ether oxygens (including phenoxy) is 1. The number of methoxy groups -OCH3 is 1. The summed E-state index contributed by atoms with van der Waals surface area (Å²) in [6, 6.07) is 15.6. The first kappa shape index (κ1) is 22.1. The van der Waals surface area contributed by atoms with Gasteiger partial charge in [0.1, 0.15) is 11.6 Å². The largest absolute Gasteiger partial charge is 0.495 e. The lowest BCUT2D eigenvalue weighted by Crippen LogP contribution is -2.48. The number of carbonyl (C=O) groups is 1. The summed E-state index contributed by atoms with van der Waals surface area (Å²) in [6.45, 7) is 3.84. The van der Waals surface area contributed by atoms with Crippen LogP contribution in [0.2, 0.25) is 0 Å². The number of hydrogen-bond acceptors (Lipinski definition) is 5. The average Bonchev–Trinajstić information content (AvgIpc) is 2.89. The molecule has 3 aromatic rings. The summed E-state index contributed by atoms with van der Waals surface area (Å²) in [7, 11) is 1.63. The number of halogens is 1. The second-order valence-corrected chi connectivity index (χ2v) is 8.49. The molecule has 0 bridgehead atoms. The third-order valence-electron chi connectivity index (χ3n) is 6.44. The summed E-state index contributed by atoms with van der Waals surface area (Å²) in [5.74, 6) is 0.362. The van der Waals surface area contributed by atoms with Crippen LogP contribution in [0.1, 0.15) is 21.5 Å². The Labute approximate surface area is 198 Å². The molecule has 2 aromatic carbocycles. The van der Waals surface area contributed by atoms with Gasteiger partial charge in [0.15, 0.2) is 0 Å². The highest BCUT2D eigenvalue weighted by atomic mass is 19.1. The molecule has 34 heavy (non-hydrogen) atoms. The van der Waals surface area contributed by atoms with Crippen LogP contribution in [0, 0.1) is 5.82 Å². The van der Waals surface area contributed by atoms with Crippen LogP contribution in [0.3, 0.4) is 0 Å². The van der Waals surface area contributed by atoms with Gasteiger partial charge >= 0.3 is 0 Å². The molecular formula is C27H27FN4O2. The molecule has 1 saturated heterocycles. The van der Waals surface area contributed by atoms with Crippen LogP contribution in [0.15, 0.2) is 67.0 Å². The van der Waals surface area contributed by atoms with E-state index in [0.29, 0.717) is 49.6 Å². The minimum atomic E-state index is -0.292. The fourth-order valence-corrected chi connectivity index (χ4v) is 4.58. The summed E-state index contributed by atoms with van der Waals surface area (Å²) in [5.41, 5.74) is 4.43. The van der Waals surface area contributed by atoms with Gasteiger partial charge in [-0.25, -0.2) is 4.39 Å². The molecule has 2 aliphatic rings. The molecule has 5 rings (SSSR count).